The van der Waals surface area contributed by atoms with Crippen LogP contribution in [-0.4, -0.2) is 56.7 Å². The molecule has 1 atom stereocenters. The van der Waals surface area contributed by atoms with Crippen molar-refractivity contribution in [2.45, 2.75) is 156 Å². The van der Waals surface area contributed by atoms with Gasteiger partial charge in [-0.25, -0.2) is 0 Å². The van der Waals surface area contributed by atoms with Crippen LogP contribution in [0.1, 0.15) is 150 Å². The average molecular weight is 545 g/mol. The quantitative estimate of drug-likeness (QED) is 0.0616. The fraction of sp³-hybridized carbons (Fsp3) is 1.00. The van der Waals surface area contributed by atoms with E-state index >= 15 is 0 Å². The molecule has 0 rings (SSSR count). The highest BCUT2D eigenvalue weighted by atomic mass is 28.4. The molecule has 0 radical (unpaired) electrons. The zero-order valence-electron chi connectivity index (χ0n) is 26.5. The Hall–Kier alpha value is 0.0569. The normalized spacial score (nSPS) is 13.7. The van der Waals surface area contributed by atoms with Crippen LogP contribution in [0, 0.1) is 17.8 Å². The van der Waals surface area contributed by atoms with Crippen LogP contribution in [0.2, 0.25) is 6.04 Å². The third-order valence-corrected chi connectivity index (χ3v) is 9.76. The highest BCUT2D eigenvalue weighted by molar-refractivity contribution is 6.57. The third kappa shape index (κ3) is 24.8. The molecule has 5 heteroatoms. The Morgan fingerprint density at radius 3 is 1.43 bits per heavy atom. The van der Waals surface area contributed by atoms with Gasteiger partial charge in [0.25, 0.3) is 0 Å². The first-order valence-electron chi connectivity index (χ1n) is 16.4. The summed E-state index contributed by atoms with van der Waals surface area (Å²) in [5, 5.41) is 0. The highest BCUT2D eigenvalue weighted by Crippen LogP contribution is 2.22. The van der Waals surface area contributed by atoms with Crippen molar-refractivity contribution >= 4 is 8.80 Å². The molecule has 2 N–H and O–H groups in total. The van der Waals surface area contributed by atoms with Crippen LogP contribution in [0.25, 0.3) is 0 Å². The van der Waals surface area contributed by atoms with E-state index in [0.717, 1.165) is 23.9 Å². The summed E-state index contributed by atoms with van der Waals surface area (Å²) in [6.07, 6.45) is 24.4. The highest BCUT2D eigenvalue weighted by Gasteiger charge is 2.34. The van der Waals surface area contributed by atoms with E-state index in [1.54, 1.807) is 0 Å². The van der Waals surface area contributed by atoms with Crippen LogP contribution < -0.4 is 0 Å². The van der Waals surface area contributed by atoms with E-state index < -0.39 is 8.80 Å². The molecule has 0 aliphatic rings. The second-order valence-corrected chi connectivity index (χ2v) is 15.8. The maximum absolute atomic E-state index is 10.5. The second-order valence-electron chi connectivity index (χ2n) is 13.5. The summed E-state index contributed by atoms with van der Waals surface area (Å²) in [4.78, 5) is 20.9. The van der Waals surface area contributed by atoms with Gasteiger partial charge in [-0.3, -0.25) is 0 Å². The molecule has 0 aromatic heterocycles. The van der Waals surface area contributed by atoms with E-state index in [1.165, 1.54) is 109 Å². The van der Waals surface area contributed by atoms with E-state index in [2.05, 4.69) is 48.7 Å². The Morgan fingerprint density at radius 1 is 0.622 bits per heavy atom. The van der Waals surface area contributed by atoms with Gasteiger partial charge in [-0.05, 0) is 37.0 Å². The summed E-state index contributed by atoms with van der Waals surface area (Å²) in [7, 11) is 1.01. The summed E-state index contributed by atoms with van der Waals surface area (Å²) < 4.78 is 6.67. The molecule has 0 saturated heterocycles. The maximum atomic E-state index is 10.5. The number of unbranched alkanes of at least 4 members (excludes halogenated alkanes) is 15. The Bertz CT molecular complexity index is 496. The fourth-order valence-electron chi connectivity index (χ4n) is 5.39. The topological polar surface area (TPSA) is 49.7 Å². The minimum absolute atomic E-state index is 0.397. The average Bonchev–Trinajstić information content (AvgIpc) is 2.80. The Balaban J connectivity index is 3.71. The number of hydrogen-bond acceptors (Lipinski definition) is 3. The first kappa shape index (κ1) is 37.1. The number of nitrogens with zero attached hydrogens (tertiary/aromatic N) is 1. The predicted octanol–water partition coefficient (Wildman–Crippen LogP) is 8.97. The molecular formula is C32H70NO3Si+. The minimum atomic E-state index is -3.55. The summed E-state index contributed by atoms with van der Waals surface area (Å²) in [5.74, 6) is 1.50. The number of hydrogen-bond donors (Lipinski definition) is 2. The van der Waals surface area contributed by atoms with Gasteiger partial charge < -0.3 is 18.5 Å². The first-order chi connectivity index (χ1) is 17.5. The van der Waals surface area contributed by atoms with Gasteiger partial charge in [0.2, 0.25) is 0 Å². The monoisotopic (exact) mass is 545 g/mol. The molecular weight excluding hydrogens is 474 g/mol. The molecule has 37 heavy (non-hydrogen) atoms. The van der Waals surface area contributed by atoms with Gasteiger partial charge in [0.15, 0.2) is 0 Å². The molecule has 0 fully saturated rings. The molecule has 0 aliphatic heterocycles. The molecule has 0 saturated carbocycles. The van der Waals surface area contributed by atoms with Gasteiger partial charge in [-0.1, -0.05) is 125 Å². The van der Waals surface area contributed by atoms with Crippen molar-refractivity contribution in [2.75, 3.05) is 33.8 Å². The molecule has 0 amide bonds. The SMILES string of the molecule is CCCCCCCCCCCCCCCCCC[N+](C)(C)CCC[Si](O)(O)OCC(CC(C)C)C(C)C. The van der Waals surface area contributed by atoms with Crippen LogP contribution in [0.4, 0.5) is 0 Å². The molecule has 1 unspecified atom stereocenters. The number of quaternary nitrogens is 1. The Labute approximate surface area is 234 Å². The summed E-state index contributed by atoms with van der Waals surface area (Å²) in [6.45, 7) is 13.8. The zero-order valence-corrected chi connectivity index (χ0v) is 27.5. The van der Waals surface area contributed by atoms with Crippen LogP contribution in [0.5, 0.6) is 0 Å². The van der Waals surface area contributed by atoms with Gasteiger partial charge in [-0.2, -0.15) is 0 Å². The molecule has 0 spiro atoms. The van der Waals surface area contributed by atoms with Crippen molar-refractivity contribution in [3.63, 3.8) is 0 Å². The molecule has 0 aromatic carbocycles. The van der Waals surface area contributed by atoms with Crippen molar-refractivity contribution in [1.82, 2.24) is 0 Å². The largest absolute Gasteiger partial charge is 0.495 e. The Kier molecular flexibility index (Phi) is 22.9. The molecule has 0 aromatic rings. The minimum Gasteiger partial charge on any atom is -0.390 e. The van der Waals surface area contributed by atoms with E-state index in [9.17, 15) is 9.59 Å². The van der Waals surface area contributed by atoms with E-state index in [0.29, 0.717) is 30.4 Å². The van der Waals surface area contributed by atoms with Gasteiger partial charge in [0.1, 0.15) is 0 Å². The lowest BCUT2D eigenvalue weighted by atomic mass is 9.88. The van der Waals surface area contributed by atoms with E-state index in [4.69, 9.17) is 4.43 Å². The Morgan fingerprint density at radius 2 is 1.03 bits per heavy atom. The lowest BCUT2D eigenvalue weighted by molar-refractivity contribution is -0.890. The molecule has 0 aliphatic carbocycles. The second kappa shape index (κ2) is 22.8. The van der Waals surface area contributed by atoms with Crippen LogP contribution in [0.3, 0.4) is 0 Å². The van der Waals surface area contributed by atoms with Gasteiger partial charge in [-0.15, -0.1) is 0 Å². The fourth-order valence-corrected chi connectivity index (χ4v) is 6.63. The zero-order chi connectivity index (χ0) is 28.0. The van der Waals surface area contributed by atoms with Gasteiger partial charge in [0, 0.05) is 19.1 Å². The lowest BCUT2D eigenvalue weighted by Crippen LogP contribution is -2.44. The van der Waals surface area contributed by atoms with Crippen molar-refractivity contribution < 1.29 is 18.5 Å². The molecule has 224 valence electrons. The van der Waals surface area contributed by atoms with Gasteiger partial charge >= 0.3 is 8.80 Å². The van der Waals surface area contributed by atoms with Crippen LogP contribution >= 0.6 is 0 Å². The van der Waals surface area contributed by atoms with Crippen molar-refractivity contribution in [3.8, 4) is 0 Å². The third-order valence-electron chi connectivity index (χ3n) is 8.13. The first-order valence-corrected chi connectivity index (χ1v) is 18.4. The van der Waals surface area contributed by atoms with Crippen molar-refractivity contribution in [2.24, 2.45) is 17.8 Å². The molecule has 0 heterocycles. The van der Waals surface area contributed by atoms with Crippen LogP contribution in [-0.2, 0) is 4.43 Å². The molecule has 4 nitrogen and oxygen atoms in total. The number of rotatable bonds is 27. The predicted molar refractivity (Wildman–Crippen MR) is 165 cm³/mol. The summed E-state index contributed by atoms with van der Waals surface area (Å²) >= 11 is 0. The molecule has 0 bridgehead atoms. The van der Waals surface area contributed by atoms with Gasteiger partial charge in [0.05, 0.1) is 27.2 Å². The van der Waals surface area contributed by atoms with Crippen molar-refractivity contribution in [3.05, 3.63) is 0 Å². The van der Waals surface area contributed by atoms with Crippen LogP contribution in [0.15, 0.2) is 0 Å². The smallest absolute Gasteiger partial charge is 0.390 e. The standard InChI is InChI=1S/C32H70NO3Si/c1-8-9-10-11-12-13-14-15-16-17-18-19-20-21-22-23-25-33(6,7)26-24-27-37(34,35)36-29-32(31(4)5)28-30(2)3/h30-32,34-35H,8-29H2,1-7H3/q+1. The van der Waals surface area contributed by atoms with E-state index in [1.807, 2.05) is 0 Å². The van der Waals surface area contributed by atoms with Crippen molar-refractivity contribution in [1.29, 1.82) is 0 Å². The summed E-state index contributed by atoms with van der Waals surface area (Å²) in [6, 6.07) is 0.417. The summed E-state index contributed by atoms with van der Waals surface area (Å²) in [5.41, 5.74) is 0. The maximum Gasteiger partial charge on any atom is 0.495 e. The van der Waals surface area contributed by atoms with E-state index in [-0.39, 0.29) is 0 Å². The lowest BCUT2D eigenvalue weighted by Gasteiger charge is -2.31.